The van der Waals surface area contributed by atoms with E-state index in [1.165, 1.54) is 11.3 Å². The average molecular weight is 284 g/mol. The van der Waals surface area contributed by atoms with Gasteiger partial charge in [0.05, 0.1) is 6.10 Å². The maximum atomic E-state index is 11.6. The lowest BCUT2D eigenvalue weighted by Gasteiger charge is -2.23. The van der Waals surface area contributed by atoms with Crippen LogP contribution in [0.5, 0.6) is 0 Å². The Labute approximate surface area is 117 Å². The van der Waals surface area contributed by atoms with E-state index in [9.17, 15) is 9.90 Å². The first-order valence-corrected chi connectivity index (χ1v) is 7.47. The molecule has 1 aromatic heterocycles. The van der Waals surface area contributed by atoms with Crippen LogP contribution >= 0.6 is 11.3 Å². The number of aliphatic hydroxyl groups excluding tert-OH is 1. The SMILES string of the molecule is O=C(NCCC(O)c1cccs1)NC1CCOCC1. The first kappa shape index (κ1) is 14.3. The maximum Gasteiger partial charge on any atom is 0.315 e. The third kappa shape index (κ3) is 4.81. The number of aliphatic hydroxyl groups is 1. The van der Waals surface area contributed by atoms with Gasteiger partial charge >= 0.3 is 6.03 Å². The van der Waals surface area contributed by atoms with Gasteiger partial charge < -0.3 is 20.5 Å². The van der Waals surface area contributed by atoms with Gasteiger partial charge in [0.1, 0.15) is 0 Å². The molecule has 6 heteroatoms. The third-order valence-corrected chi connectivity index (χ3v) is 4.11. The summed E-state index contributed by atoms with van der Waals surface area (Å²) in [7, 11) is 0. The molecule has 2 amide bonds. The van der Waals surface area contributed by atoms with Gasteiger partial charge in [0.2, 0.25) is 0 Å². The summed E-state index contributed by atoms with van der Waals surface area (Å²) in [5.41, 5.74) is 0. The van der Waals surface area contributed by atoms with Crippen molar-refractivity contribution >= 4 is 17.4 Å². The van der Waals surface area contributed by atoms with E-state index in [0.717, 1.165) is 17.7 Å². The zero-order valence-electron chi connectivity index (χ0n) is 10.8. The van der Waals surface area contributed by atoms with Gasteiger partial charge in [-0.2, -0.15) is 0 Å². The number of hydrogen-bond donors (Lipinski definition) is 3. The summed E-state index contributed by atoms with van der Waals surface area (Å²) in [5, 5.41) is 17.5. The van der Waals surface area contributed by atoms with Gasteiger partial charge in [0, 0.05) is 30.7 Å². The number of amides is 2. The lowest BCUT2D eigenvalue weighted by Crippen LogP contribution is -2.44. The Morgan fingerprint density at radius 2 is 2.32 bits per heavy atom. The first-order valence-electron chi connectivity index (χ1n) is 6.59. The summed E-state index contributed by atoms with van der Waals surface area (Å²) in [6, 6.07) is 3.85. The molecule has 2 heterocycles. The van der Waals surface area contributed by atoms with E-state index in [-0.39, 0.29) is 12.1 Å². The van der Waals surface area contributed by atoms with Crippen LogP contribution in [0.4, 0.5) is 4.79 Å². The van der Waals surface area contributed by atoms with E-state index >= 15 is 0 Å². The predicted octanol–water partition coefficient (Wildman–Crippen LogP) is 1.65. The highest BCUT2D eigenvalue weighted by Crippen LogP contribution is 2.20. The molecule has 0 aliphatic carbocycles. The fourth-order valence-electron chi connectivity index (χ4n) is 2.02. The topological polar surface area (TPSA) is 70.6 Å². The second kappa shape index (κ2) is 7.47. The van der Waals surface area contributed by atoms with E-state index in [0.29, 0.717) is 26.2 Å². The van der Waals surface area contributed by atoms with Gasteiger partial charge in [0.25, 0.3) is 0 Å². The highest BCUT2D eigenvalue weighted by Gasteiger charge is 2.16. The van der Waals surface area contributed by atoms with Crippen molar-refractivity contribution in [1.82, 2.24) is 10.6 Å². The second-order valence-electron chi connectivity index (χ2n) is 4.61. The van der Waals surface area contributed by atoms with Crippen molar-refractivity contribution in [1.29, 1.82) is 0 Å². The molecule has 19 heavy (non-hydrogen) atoms. The molecule has 0 spiro atoms. The Balaban J connectivity index is 1.61. The number of hydrogen-bond acceptors (Lipinski definition) is 4. The van der Waals surface area contributed by atoms with Gasteiger partial charge in [-0.15, -0.1) is 11.3 Å². The van der Waals surface area contributed by atoms with E-state index in [4.69, 9.17) is 4.74 Å². The van der Waals surface area contributed by atoms with Crippen LogP contribution in [0.1, 0.15) is 30.2 Å². The van der Waals surface area contributed by atoms with Gasteiger partial charge in [-0.1, -0.05) is 6.07 Å². The molecule has 0 saturated carbocycles. The maximum absolute atomic E-state index is 11.6. The molecule has 1 aliphatic heterocycles. The van der Waals surface area contributed by atoms with Gasteiger partial charge in [-0.25, -0.2) is 4.79 Å². The molecule has 0 radical (unpaired) electrons. The number of ether oxygens (including phenoxy) is 1. The smallest absolute Gasteiger partial charge is 0.315 e. The summed E-state index contributed by atoms with van der Waals surface area (Å²) < 4.78 is 5.23. The standard InChI is InChI=1S/C13H20N2O3S/c16-11(12-2-1-9-19-12)3-6-14-13(17)15-10-4-7-18-8-5-10/h1-2,9-11,16H,3-8H2,(H2,14,15,17). The molecule has 106 valence electrons. The van der Waals surface area contributed by atoms with Crippen LogP contribution in [-0.2, 0) is 4.74 Å². The minimum Gasteiger partial charge on any atom is -0.388 e. The minimum absolute atomic E-state index is 0.162. The molecule has 1 aromatic rings. The molecule has 0 bridgehead atoms. The fraction of sp³-hybridized carbons (Fsp3) is 0.615. The molecule has 1 saturated heterocycles. The number of urea groups is 1. The molecule has 1 fully saturated rings. The molecule has 1 unspecified atom stereocenters. The molecule has 1 aliphatic rings. The Morgan fingerprint density at radius 1 is 1.53 bits per heavy atom. The molecular formula is C13H20N2O3S. The zero-order chi connectivity index (χ0) is 13.5. The van der Waals surface area contributed by atoms with Crippen LogP contribution in [0.15, 0.2) is 17.5 Å². The van der Waals surface area contributed by atoms with Gasteiger partial charge in [-0.05, 0) is 30.7 Å². The van der Waals surface area contributed by atoms with Gasteiger partial charge in [-0.3, -0.25) is 0 Å². The molecule has 0 aromatic carbocycles. The summed E-state index contributed by atoms with van der Waals surface area (Å²) in [6.07, 6.45) is 1.77. The van der Waals surface area contributed by atoms with Crippen LogP contribution < -0.4 is 10.6 Å². The van der Waals surface area contributed by atoms with Crippen molar-refractivity contribution in [3.8, 4) is 0 Å². The Kier molecular flexibility index (Phi) is 5.62. The summed E-state index contributed by atoms with van der Waals surface area (Å²) in [5.74, 6) is 0. The van der Waals surface area contributed by atoms with E-state index in [1.807, 2.05) is 17.5 Å². The van der Waals surface area contributed by atoms with Crippen LogP contribution in [0.3, 0.4) is 0 Å². The van der Waals surface area contributed by atoms with E-state index in [2.05, 4.69) is 10.6 Å². The third-order valence-electron chi connectivity index (χ3n) is 3.13. The lowest BCUT2D eigenvalue weighted by molar-refractivity contribution is 0.0800. The second-order valence-corrected chi connectivity index (χ2v) is 5.59. The van der Waals surface area contributed by atoms with Gasteiger partial charge in [0.15, 0.2) is 0 Å². The summed E-state index contributed by atoms with van der Waals surface area (Å²) in [6.45, 7) is 1.89. The van der Waals surface area contributed by atoms with Crippen LogP contribution in [0, 0.1) is 0 Å². The molecule has 1 atom stereocenters. The van der Waals surface area contributed by atoms with Crippen molar-refractivity contribution in [3.63, 3.8) is 0 Å². The fourth-order valence-corrected chi connectivity index (χ4v) is 2.77. The molecule has 2 rings (SSSR count). The van der Waals surface area contributed by atoms with Crippen molar-refractivity contribution in [2.75, 3.05) is 19.8 Å². The lowest BCUT2D eigenvalue weighted by atomic mass is 10.1. The largest absolute Gasteiger partial charge is 0.388 e. The number of rotatable bonds is 5. The average Bonchev–Trinajstić information content (AvgIpc) is 2.93. The predicted molar refractivity (Wildman–Crippen MR) is 74.3 cm³/mol. The van der Waals surface area contributed by atoms with E-state index < -0.39 is 6.10 Å². The zero-order valence-corrected chi connectivity index (χ0v) is 11.6. The van der Waals surface area contributed by atoms with Crippen LogP contribution in [-0.4, -0.2) is 36.9 Å². The highest BCUT2D eigenvalue weighted by atomic mass is 32.1. The van der Waals surface area contributed by atoms with Crippen molar-refractivity contribution in [3.05, 3.63) is 22.4 Å². The Hall–Kier alpha value is -1.11. The monoisotopic (exact) mass is 284 g/mol. The number of carbonyl (C=O) groups excluding carboxylic acids is 1. The first-order chi connectivity index (χ1) is 9.25. The summed E-state index contributed by atoms with van der Waals surface area (Å²) in [4.78, 5) is 12.6. The quantitative estimate of drug-likeness (QED) is 0.770. The van der Waals surface area contributed by atoms with Crippen LogP contribution in [0.25, 0.3) is 0 Å². The highest BCUT2D eigenvalue weighted by molar-refractivity contribution is 7.10. The Bertz CT molecular complexity index is 377. The number of carbonyl (C=O) groups is 1. The summed E-state index contributed by atoms with van der Waals surface area (Å²) >= 11 is 1.53. The number of nitrogens with one attached hydrogen (secondary N) is 2. The minimum atomic E-state index is -0.497. The van der Waals surface area contributed by atoms with Crippen LogP contribution in [0.2, 0.25) is 0 Å². The van der Waals surface area contributed by atoms with Crippen molar-refractivity contribution in [2.45, 2.75) is 31.4 Å². The molecule has 3 N–H and O–H groups in total. The number of thiophene rings is 1. The molecule has 5 nitrogen and oxygen atoms in total. The molecular weight excluding hydrogens is 264 g/mol. The normalized spacial score (nSPS) is 17.9. The van der Waals surface area contributed by atoms with E-state index in [1.54, 1.807) is 0 Å². The van der Waals surface area contributed by atoms with Crippen molar-refractivity contribution in [2.24, 2.45) is 0 Å². The Morgan fingerprint density at radius 3 is 3.00 bits per heavy atom. The van der Waals surface area contributed by atoms with Crippen molar-refractivity contribution < 1.29 is 14.6 Å².